The average molecular weight is 747 g/mol. The van der Waals surface area contributed by atoms with Crippen LogP contribution in [0.25, 0.3) is 0 Å². The first-order chi connectivity index (χ1) is 22.9. The third-order valence-electron chi connectivity index (χ3n) is 7.33. The van der Waals surface area contributed by atoms with Gasteiger partial charge < -0.3 is 25.3 Å². The molecular formula is C27H22F3N8NaO7S3. The molecule has 0 spiro atoms. The number of carbonyl (C=O) groups is 5. The number of halogens is 3. The van der Waals surface area contributed by atoms with Gasteiger partial charge in [-0.2, -0.15) is 13.2 Å². The molecule has 0 aliphatic carbocycles. The number of amides is 4. The number of fused-ring (bicyclic) bond motifs is 1. The Kier molecular flexibility index (Phi) is 11.4. The molecule has 252 valence electrons. The van der Waals surface area contributed by atoms with Gasteiger partial charge >= 0.3 is 47.7 Å². The number of benzene rings is 1. The van der Waals surface area contributed by atoms with Crippen molar-refractivity contribution in [3.8, 4) is 0 Å². The number of carboxylic acids is 1. The van der Waals surface area contributed by atoms with Crippen molar-refractivity contribution >= 4 is 70.4 Å². The zero-order chi connectivity index (χ0) is 34.2. The van der Waals surface area contributed by atoms with Crippen molar-refractivity contribution in [3.05, 3.63) is 64.5 Å². The van der Waals surface area contributed by atoms with E-state index in [-0.39, 0.29) is 63.2 Å². The van der Waals surface area contributed by atoms with E-state index in [9.17, 15) is 42.3 Å². The van der Waals surface area contributed by atoms with E-state index in [1.807, 2.05) is 0 Å². The van der Waals surface area contributed by atoms with Crippen LogP contribution in [0.2, 0.25) is 0 Å². The Labute approximate surface area is 309 Å². The van der Waals surface area contributed by atoms with Gasteiger partial charge in [-0.05, 0) is 11.1 Å². The molecule has 3 N–H and O–H groups in total. The zero-order valence-electron chi connectivity index (χ0n) is 25.1. The predicted octanol–water partition coefficient (Wildman–Crippen LogP) is -2.79. The minimum absolute atomic E-state index is 0. The Morgan fingerprint density at radius 3 is 2.61 bits per heavy atom. The second-order valence-electron chi connectivity index (χ2n) is 10.3. The number of hydrogen-bond donors (Lipinski definition) is 3. The standard InChI is InChI=1S/C27H23F3N8O7S3.Na/c28-27(29,30)23-35-36-26(48-23)47-11-13-10-46-20-16(19(40)38(20)17(13)21(41)42)33-18(39)15(12-4-2-1-3-5-12)34-25(44)37-8-7-31-24(37)32-14-6-9-45-22(14)43;/h1-6,9,15-16,20,24,31H,7-8,10-11H2,(H,33,39)(H,34,44)(H,41,42);/q;+1/p-1/t15-,16?,20-,24?;/m1./s1. The number of thioether (sulfide) groups is 2. The monoisotopic (exact) mass is 746 g/mol. The van der Waals surface area contributed by atoms with Crippen molar-refractivity contribution in [2.45, 2.75) is 34.3 Å². The minimum Gasteiger partial charge on any atom is -0.543 e. The quantitative estimate of drug-likeness (QED) is 0.103. The van der Waals surface area contributed by atoms with Crippen LogP contribution >= 0.6 is 34.9 Å². The van der Waals surface area contributed by atoms with Crippen LogP contribution in [0.1, 0.15) is 16.6 Å². The molecule has 2 saturated heterocycles. The SMILES string of the molecule is O=C([O-])C1=C(CSc2nnc(C(F)(F)F)s2)CS[C@@H]2C(NC(=O)[C@H](NC(=O)N3CCNC3N=C3C=COC3=O)c3ccccc3)C(=O)N12.[Na+]. The summed E-state index contributed by atoms with van der Waals surface area (Å²) >= 11 is 2.31. The largest absolute Gasteiger partial charge is 1.00 e. The fraction of sp³-hybridized carbons (Fsp3) is 0.333. The van der Waals surface area contributed by atoms with E-state index < -0.39 is 70.4 Å². The third kappa shape index (κ3) is 7.81. The van der Waals surface area contributed by atoms with Gasteiger partial charge in [-0.15, -0.1) is 22.0 Å². The van der Waals surface area contributed by atoms with E-state index in [0.717, 1.165) is 28.4 Å². The van der Waals surface area contributed by atoms with Crippen LogP contribution in [0, 0.1) is 0 Å². The Balaban J connectivity index is 0.00000468. The van der Waals surface area contributed by atoms with Crippen molar-refractivity contribution in [1.29, 1.82) is 0 Å². The van der Waals surface area contributed by atoms with Crippen LogP contribution in [0.3, 0.4) is 0 Å². The Bertz CT molecular complexity index is 1760. The third-order valence-corrected chi connectivity index (χ3v) is 10.9. The summed E-state index contributed by atoms with van der Waals surface area (Å²) in [6.45, 7) is 0.552. The summed E-state index contributed by atoms with van der Waals surface area (Å²) < 4.78 is 43.4. The number of aliphatic carboxylic acids is 1. The van der Waals surface area contributed by atoms with Gasteiger partial charge in [0.25, 0.3) is 5.91 Å². The van der Waals surface area contributed by atoms with E-state index in [4.69, 9.17) is 4.74 Å². The second kappa shape index (κ2) is 15.2. The van der Waals surface area contributed by atoms with Gasteiger partial charge in [0, 0.05) is 30.7 Å². The summed E-state index contributed by atoms with van der Waals surface area (Å²) in [5.41, 5.74) is 0.201. The Hall–Kier alpha value is -3.47. The molecule has 1 aromatic carbocycles. The first kappa shape index (κ1) is 36.8. The molecule has 4 aliphatic heterocycles. The minimum atomic E-state index is -4.67. The number of aliphatic imine (C=N–C) groups is 1. The molecule has 0 radical (unpaired) electrons. The Morgan fingerprint density at radius 1 is 1.20 bits per heavy atom. The molecule has 6 rings (SSSR count). The van der Waals surface area contributed by atoms with Crippen molar-refractivity contribution in [3.63, 3.8) is 0 Å². The van der Waals surface area contributed by atoms with Crippen molar-refractivity contribution in [1.82, 2.24) is 35.9 Å². The molecule has 4 amide bonds. The van der Waals surface area contributed by atoms with Crippen LogP contribution in [-0.2, 0) is 30.1 Å². The number of nitrogens with one attached hydrogen (secondary N) is 3. The molecule has 0 saturated carbocycles. The van der Waals surface area contributed by atoms with Crippen LogP contribution in [0.15, 0.2) is 63.3 Å². The molecule has 4 atom stereocenters. The fourth-order valence-corrected chi connectivity index (χ4v) is 8.30. The van der Waals surface area contributed by atoms with Gasteiger partial charge in [-0.25, -0.2) is 14.6 Å². The number of esters is 1. The number of ether oxygens (including phenoxy) is 1. The van der Waals surface area contributed by atoms with Crippen molar-refractivity contribution in [2.24, 2.45) is 4.99 Å². The van der Waals surface area contributed by atoms with Crippen molar-refractivity contribution < 1.29 is 76.5 Å². The number of rotatable bonds is 9. The van der Waals surface area contributed by atoms with Gasteiger partial charge in [0.1, 0.15) is 23.2 Å². The molecule has 49 heavy (non-hydrogen) atoms. The van der Waals surface area contributed by atoms with E-state index in [1.165, 1.54) is 17.2 Å². The van der Waals surface area contributed by atoms with Crippen LogP contribution in [-0.4, -0.2) is 97.8 Å². The van der Waals surface area contributed by atoms with Gasteiger partial charge in [0.05, 0.1) is 17.9 Å². The van der Waals surface area contributed by atoms with Crippen LogP contribution in [0.4, 0.5) is 18.0 Å². The summed E-state index contributed by atoms with van der Waals surface area (Å²) in [5.74, 6) is -3.84. The van der Waals surface area contributed by atoms with Crippen LogP contribution in [0.5, 0.6) is 0 Å². The molecule has 2 aromatic rings. The van der Waals surface area contributed by atoms with Crippen molar-refractivity contribution in [2.75, 3.05) is 24.6 Å². The predicted molar refractivity (Wildman–Crippen MR) is 162 cm³/mol. The number of hydrogen-bond acceptors (Lipinski definition) is 14. The average Bonchev–Trinajstić information content (AvgIpc) is 3.83. The number of aromatic nitrogens is 2. The molecule has 0 bridgehead atoms. The fourth-order valence-electron chi connectivity index (χ4n) is 5.09. The summed E-state index contributed by atoms with van der Waals surface area (Å²) in [4.78, 5) is 70.8. The second-order valence-corrected chi connectivity index (χ2v) is 13.6. The number of urea groups is 1. The number of alkyl halides is 3. The topological polar surface area (TPSA) is 198 Å². The van der Waals surface area contributed by atoms with E-state index >= 15 is 0 Å². The summed E-state index contributed by atoms with van der Waals surface area (Å²) in [6, 6.07) is 5.10. The maximum atomic E-state index is 13.7. The summed E-state index contributed by atoms with van der Waals surface area (Å²) in [5, 5.41) is 25.0. The molecule has 15 nitrogen and oxygen atoms in total. The molecule has 1 aromatic heterocycles. The molecule has 4 aliphatic rings. The first-order valence-electron chi connectivity index (χ1n) is 13.9. The number of carbonyl (C=O) groups excluding carboxylic acids is 5. The molecule has 22 heteroatoms. The molecule has 5 heterocycles. The maximum Gasteiger partial charge on any atom is 1.00 e. The smallest absolute Gasteiger partial charge is 0.543 e. The number of β-lactam (4-membered cyclic amide) rings is 1. The maximum absolute atomic E-state index is 13.7. The number of carboxylic acid groups (broad SMARTS) is 1. The zero-order valence-corrected chi connectivity index (χ0v) is 29.6. The Morgan fingerprint density at radius 2 is 1.96 bits per heavy atom. The normalized spacial score (nSPS) is 23.1. The van der Waals surface area contributed by atoms with Gasteiger partial charge in [-0.1, -0.05) is 53.4 Å². The first-order valence-corrected chi connectivity index (χ1v) is 16.8. The van der Waals surface area contributed by atoms with Crippen LogP contribution < -0.4 is 50.6 Å². The summed E-state index contributed by atoms with van der Waals surface area (Å²) in [6.07, 6.45) is -3.06. The van der Waals surface area contributed by atoms with Gasteiger partial charge in [0.15, 0.2) is 10.6 Å². The molecule has 2 unspecified atom stereocenters. The number of cyclic esters (lactones) is 1. The van der Waals surface area contributed by atoms with E-state index in [0.29, 0.717) is 23.4 Å². The van der Waals surface area contributed by atoms with Gasteiger partial charge in [0.2, 0.25) is 10.9 Å². The van der Waals surface area contributed by atoms with E-state index in [1.54, 1.807) is 30.3 Å². The van der Waals surface area contributed by atoms with Gasteiger partial charge in [-0.3, -0.25) is 24.7 Å². The van der Waals surface area contributed by atoms with E-state index in [2.05, 4.69) is 31.1 Å². The molecule has 2 fully saturated rings. The summed E-state index contributed by atoms with van der Waals surface area (Å²) in [7, 11) is 0. The number of nitrogens with zero attached hydrogens (tertiary/aromatic N) is 5. The molecular weight excluding hydrogens is 725 g/mol.